The van der Waals surface area contributed by atoms with Crippen molar-refractivity contribution in [2.45, 2.75) is 33.4 Å². The summed E-state index contributed by atoms with van der Waals surface area (Å²) in [4.78, 5) is 18.4. The van der Waals surface area contributed by atoms with Crippen molar-refractivity contribution < 1.29 is 13.9 Å². The molecule has 0 bridgehead atoms. The minimum Gasteiger partial charge on any atom is -0.439 e. The van der Waals surface area contributed by atoms with Crippen LogP contribution in [0.15, 0.2) is 77.9 Å². The van der Waals surface area contributed by atoms with Crippen LogP contribution in [0.3, 0.4) is 0 Å². The topological polar surface area (TPSA) is 80.5 Å². The van der Waals surface area contributed by atoms with Gasteiger partial charge in [-0.05, 0) is 62.8 Å². The molecule has 1 unspecified atom stereocenters. The number of allylic oxidation sites excluding steroid dienone is 3. The normalized spacial score (nSPS) is 16.6. The fourth-order valence-corrected chi connectivity index (χ4v) is 2.87. The number of hydrogen-bond acceptors (Lipinski definition) is 5. The number of halogens is 1. The summed E-state index contributed by atoms with van der Waals surface area (Å²) in [7, 11) is 0. The maximum atomic E-state index is 12.9. The molecule has 0 aliphatic carbocycles. The molecule has 6 nitrogen and oxygen atoms in total. The second kappa shape index (κ2) is 9.37. The number of carbonyl (C=O) groups excluding carboxylic acids is 1. The van der Waals surface area contributed by atoms with Crippen LogP contribution in [-0.2, 0) is 0 Å². The van der Waals surface area contributed by atoms with Gasteiger partial charge in [-0.25, -0.2) is 9.37 Å². The van der Waals surface area contributed by atoms with Gasteiger partial charge in [0.15, 0.2) is 0 Å². The number of ether oxygens (including phenoxy) is 1. The summed E-state index contributed by atoms with van der Waals surface area (Å²) >= 11 is 0. The maximum absolute atomic E-state index is 12.9. The SMILES string of the molecule is CC/C(C)=C(\C)N1C=C(NC(=O)c2ccc(Oc3ccc(F)cn3)cc2)C=CC1N. The number of aromatic nitrogens is 1. The number of nitrogens with one attached hydrogen (secondary N) is 1. The van der Waals surface area contributed by atoms with Gasteiger partial charge in [0.25, 0.3) is 5.91 Å². The van der Waals surface area contributed by atoms with E-state index in [0.29, 0.717) is 17.0 Å². The van der Waals surface area contributed by atoms with Crippen LogP contribution in [0.25, 0.3) is 0 Å². The van der Waals surface area contributed by atoms with Gasteiger partial charge in [0.2, 0.25) is 5.88 Å². The number of benzene rings is 1. The Morgan fingerprint density at radius 2 is 1.97 bits per heavy atom. The van der Waals surface area contributed by atoms with Gasteiger partial charge < -0.3 is 20.7 Å². The Morgan fingerprint density at radius 1 is 1.23 bits per heavy atom. The molecule has 1 atom stereocenters. The van der Waals surface area contributed by atoms with Crippen LogP contribution in [0.5, 0.6) is 11.6 Å². The molecule has 0 fully saturated rings. The van der Waals surface area contributed by atoms with Gasteiger partial charge in [0, 0.05) is 23.5 Å². The van der Waals surface area contributed by atoms with Crippen LogP contribution >= 0.6 is 0 Å². The molecule has 1 aliphatic heterocycles. The summed E-state index contributed by atoms with van der Waals surface area (Å²) in [5, 5.41) is 2.89. The van der Waals surface area contributed by atoms with Gasteiger partial charge in [0.05, 0.1) is 11.9 Å². The molecule has 3 rings (SSSR count). The van der Waals surface area contributed by atoms with E-state index in [1.54, 1.807) is 30.3 Å². The molecule has 0 saturated heterocycles. The lowest BCUT2D eigenvalue weighted by atomic mass is 10.1. The molecular formula is C23H25FN4O2. The standard InChI is InChI=1S/C23H25FN4O2/c1-4-15(2)16(3)28-14-19(8-11-21(28)25)27-23(29)17-5-9-20(10-6-17)30-22-12-7-18(24)13-26-22/h5-14,21H,4,25H2,1-3H3,(H,27,29)/b16-15+. The Kier molecular flexibility index (Phi) is 6.64. The lowest BCUT2D eigenvalue weighted by Gasteiger charge is -2.31. The number of rotatable bonds is 6. The van der Waals surface area contributed by atoms with E-state index in [9.17, 15) is 9.18 Å². The van der Waals surface area contributed by atoms with Crippen LogP contribution in [0.4, 0.5) is 4.39 Å². The molecular weight excluding hydrogens is 383 g/mol. The Balaban J connectivity index is 1.68. The van der Waals surface area contributed by atoms with E-state index < -0.39 is 5.82 Å². The molecule has 1 aliphatic rings. The number of carbonyl (C=O) groups is 1. The highest BCUT2D eigenvalue weighted by Crippen LogP contribution is 2.21. The molecule has 1 amide bonds. The van der Waals surface area contributed by atoms with E-state index in [-0.39, 0.29) is 18.0 Å². The second-order valence-corrected chi connectivity index (χ2v) is 6.96. The first kappa shape index (κ1) is 21.3. The first-order valence-corrected chi connectivity index (χ1v) is 9.68. The summed E-state index contributed by atoms with van der Waals surface area (Å²) in [5.74, 6) is 0.0841. The van der Waals surface area contributed by atoms with Gasteiger partial charge in [-0.1, -0.05) is 12.5 Å². The fraction of sp³-hybridized carbons (Fsp3) is 0.217. The Morgan fingerprint density at radius 3 is 2.60 bits per heavy atom. The van der Waals surface area contributed by atoms with E-state index in [1.807, 2.05) is 24.1 Å². The largest absolute Gasteiger partial charge is 0.439 e. The molecule has 0 spiro atoms. The number of pyridine rings is 1. The predicted octanol–water partition coefficient (Wildman–Crippen LogP) is 4.44. The van der Waals surface area contributed by atoms with Crippen LogP contribution < -0.4 is 15.8 Å². The zero-order valence-corrected chi connectivity index (χ0v) is 17.2. The molecule has 2 heterocycles. The molecule has 1 aromatic carbocycles. The molecule has 0 radical (unpaired) electrons. The van der Waals surface area contributed by atoms with E-state index in [0.717, 1.165) is 18.3 Å². The average molecular weight is 408 g/mol. The molecule has 3 N–H and O–H groups in total. The number of amides is 1. The Bertz CT molecular complexity index is 995. The predicted molar refractivity (Wildman–Crippen MR) is 114 cm³/mol. The lowest BCUT2D eigenvalue weighted by molar-refractivity contribution is 0.0966. The molecule has 30 heavy (non-hydrogen) atoms. The molecule has 1 aromatic heterocycles. The van der Waals surface area contributed by atoms with Crippen molar-refractivity contribution in [1.29, 1.82) is 0 Å². The van der Waals surface area contributed by atoms with Crippen LogP contribution in [0, 0.1) is 5.82 Å². The zero-order valence-electron chi connectivity index (χ0n) is 17.2. The third-order valence-electron chi connectivity index (χ3n) is 4.90. The summed E-state index contributed by atoms with van der Waals surface area (Å²) < 4.78 is 18.5. The van der Waals surface area contributed by atoms with Gasteiger partial charge in [0.1, 0.15) is 17.7 Å². The second-order valence-electron chi connectivity index (χ2n) is 6.96. The van der Waals surface area contributed by atoms with E-state index in [4.69, 9.17) is 10.5 Å². The quantitative estimate of drug-likeness (QED) is 0.738. The average Bonchev–Trinajstić information content (AvgIpc) is 2.76. The van der Waals surface area contributed by atoms with Crippen LogP contribution in [-0.4, -0.2) is 22.0 Å². The monoisotopic (exact) mass is 408 g/mol. The Hall–Kier alpha value is -3.45. The van der Waals surface area contributed by atoms with E-state index in [2.05, 4.69) is 24.1 Å². The van der Waals surface area contributed by atoms with E-state index in [1.165, 1.54) is 17.7 Å². The van der Waals surface area contributed by atoms with Crippen molar-refractivity contribution in [2.24, 2.45) is 5.73 Å². The summed E-state index contributed by atoms with van der Waals surface area (Å²) in [6.45, 7) is 6.18. The minimum atomic E-state index is -0.435. The smallest absolute Gasteiger partial charge is 0.255 e. The van der Waals surface area contributed by atoms with Crippen molar-refractivity contribution in [1.82, 2.24) is 15.2 Å². The van der Waals surface area contributed by atoms with Gasteiger partial charge in [-0.3, -0.25) is 4.79 Å². The van der Waals surface area contributed by atoms with Crippen molar-refractivity contribution in [3.63, 3.8) is 0 Å². The van der Waals surface area contributed by atoms with Gasteiger partial charge in [-0.15, -0.1) is 0 Å². The van der Waals surface area contributed by atoms with Crippen molar-refractivity contribution in [2.75, 3.05) is 0 Å². The van der Waals surface area contributed by atoms with E-state index >= 15 is 0 Å². The van der Waals surface area contributed by atoms with Crippen molar-refractivity contribution >= 4 is 5.91 Å². The summed E-state index contributed by atoms with van der Waals surface area (Å²) in [5.41, 5.74) is 9.60. The number of hydrogen-bond donors (Lipinski definition) is 2. The first-order valence-electron chi connectivity index (χ1n) is 9.68. The maximum Gasteiger partial charge on any atom is 0.255 e. The molecule has 2 aromatic rings. The third-order valence-corrected chi connectivity index (χ3v) is 4.90. The lowest BCUT2D eigenvalue weighted by Crippen LogP contribution is -2.39. The summed E-state index contributed by atoms with van der Waals surface area (Å²) in [6.07, 6.45) is 7.21. The zero-order chi connectivity index (χ0) is 21.7. The fourth-order valence-electron chi connectivity index (χ4n) is 2.87. The number of nitrogens with two attached hydrogens (primary N) is 1. The highest BCUT2D eigenvalue weighted by atomic mass is 19.1. The minimum absolute atomic E-state index is 0.248. The highest BCUT2D eigenvalue weighted by molar-refractivity contribution is 5.95. The third kappa shape index (κ3) is 5.12. The first-order chi connectivity index (χ1) is 14.4. The van der Waals surface area contributed by atoms with Crippen LogP contribution in [0.1, 0.15) is 37.6 Å². The van der Waals surface area contributed by atoms with Gasteiger partial charge >= 0.3 is 0 Å². The van der Waals surface area contributed by atoms with Crippen molar-refractivity contribution in [3.8, 4) is 11.6 Å². The summed E-state index contributed by atoms with van der Waals surface area (Å²) in [6, 6.07) is 9.32. The Labute approximate surface area is 175 Å². The number of nitrogens with zero attached hydrogens (tertiary/aromatic N) is 2. The van der Waals surface area contributed by atoms with Gasteiger partial charge in [-0.2, -0.15) is 0 Å². The van der Waals surface area contributed by atoms with Crippen molar-refractivity contribution in [3.05, 3.63) is 89.3 Å². The highest BCUT2D eigenvalue weighted by Gasteiger charge is 2.17. The van der Waals surface area contributed by atoms with Crippen LogP contribution in [0.2, 0.25) is 0 Å². The molecule has 156 valence electrons. The molecule has 7 heteroatoms. The molecule has 0 saturated carbocycles.